The van der Waals surface area contributed by atoms with E-state index in [9.17, 15) is 4.79 Å². The van der Waals surface area contributed by atoms with Crippen molar-refractivity contribution in [3.63, 3.8) is 0 Å². The number of carbonyl (C=O) groups is 1. The molecule has 0 bridgehead atoms. The highest BCUT2D eigenvalue weighted by Gasteiger charge is 2.23. The molecule has 1 aliphatic rings. The molecule has 1 aliphatic heterocycles. The molecule has 0 aliphatic carbocycles. The van der Waals surface area contributed by atoms with Crippen LogP contribution >= 0.6 is 23.4 Å². The Bertz CT molecular complexity index is 1060. The van der Waals surface area contributed by atoms with Gasteiger partial charge in [0.15, 0.2) is 0 Å². The Balaban J connectivity index is 1.44. The van der Waals surface area contributed by atoms with Crippen molar-refractivity contribution in [1.29, 1.82) is 0 Å². The maximum Gasteiger partial charge on any atom is 0.252 e. The third-order valence-electron chi connectivity index (χ3n) is 6.23. The summed E-state index contributed by atoms with van der Waals surface area (Å²) in [5.74, 6) is -0.0405. The Morgan fingerprint density at radius 2 is 1.84 bits per heavy atom. The van der Waals surface area contributed by atoms with Crippen LogP contribution in [-0.4, -0.2) is 41.0 Å². The van der Waals surface area contributed by atoms with Gasteiger partial charge >= 0.3 is 0 Å². The first-order chi connectivity index (χ1) is 15.5. The molecule has 0 unspecified atom stereocenters. The molecule has 32 heavy (non-hydrogen) atoms. The maximum atomic E-state index is 13.1. The summed E-state index contributed by atoms with van der Waals surface area (Å²) in [5, 5.41) is 5.52. The quantitative estimate of drug-likeness (QED) is 0.407. The molecule has 0 saturated carbocycles. The zero-order valence-electron chi connectivity index (χ0n) is 18.7. The molecule has 1 amide bonds. The van der Waals surface area contributed by atoms with Gasteiger partial charge in [0.2, 0.25) is 0 Å². The van der Waals surface area contributed by atoms with Crippen LogP contribution in [0.1, 0.15) is 49.9 Å². The zero-order valence-corrected chi connectivity index (χ0v) is 20.3. The topological polar surface area (TPSA) is 45.2 Å². The number of para-hydroxylation sites is 1. The number of hydrogen-bond acceptors (Lipinski definition) is 4. The summed E-state index contributed by atoms with van der Waals surface area (Å²) < 4.78 is 0. The number of piperidine rings is 1. The number of nitrogens with zero attached hydrogens (tertiary/aromatic N) is 2. The van der Waals surface area contributed by atoms with Gasteiger partial charge in [0.25, 0.3) is 5.91 Å². The number of halogens is 1. The van der Waals surface area contributed by atoms with Crippen molar-refractivity contribution in [3.05, 3.63) is 65.2 Å². The molecule has 168 valence electrons. The number of pyridine rings is 1. The molecule has 1 saturated heterocycles. The van der Waals surface area contributed by atoms with Gasteiger partial charge in [0.05, 0.1) is 11.1 Å². The van der Waals surface area contributed by atoms with Crippen molar-refractivity contribution in [2.75, 3.05) is 13.1 Å². The van der Waals surface area contributed by atoms with Crippen molar-refractivity contribution in [2.24, 2.45) is 0 Å². The second kappa shape index (κ2) is 10.7. The van der Waals surface area contributed by atoms with E-state index >= 15 is 0 Å². The van der Waals surface area contributed by atoms with Gasteiger partial charge in [-0.25, -0.2) is 4.98 Å². The molecule has 4 nitrogen and oxygen atoms in total. The number of amides is 1. The van der Waals surface area contributed by atoms with Crippen molar-refractivity contribution in [2.45, 2.75) is 61.5 Å². The van der Waals surface area contributed by atoms with Gasteiger partial charge in [-0.1, -0.05) is 48.0 Å². The molecule has 0 radical (unpaired) electrons. The lowest BCUT2D eigenvalue weighted by atomic mass is 9.97. The zero-order chi connectivity index (χ0) is 22.5. The summed E-state index contributed by atoms with van der Waals surface area (Å²) in [6.07, 6.45) is 4.82. The molecule has 2 heterocycles. The lowest BCUT2D eigenvalue weighted by molar-refractivity contribution is 0.0926. The van der Waals surface area contributed by atoms with Gasteiger partial charge in [-0.05, 0) is 69.5 Å². The summed E-state index contributed by atoms with van der Waals surface area (Å²) in [4.78, 5) is 21.5. The average molecular weight is 468 g/mol. The van der Waals surface area contributed by atoms with Crippen molar-refractivity contribution >= 4 is 40.2 Å². The summed E-state index contributed by atoms with van der Waals surface area (Å²) in [7, 11) is 0. The average Bonchev–Trinajstić information content (AvgIpc) is 2.79. The molecule has 6 heteroatoms. The summed E-state index contributed by atoms with van der Waals surface area (Å²) in [5.41, 5.74) is 1.50. The fourth-order valence-electron chi connectivity index (χ4n) is 4.49. The summed E-state index contributed by atoms with van der Waals surface area (Å²) in [6.45, 7) is 6.33. The van der Waals surface area contributed by atoms with Crippen LogP contribution in [0.3, 0.4) is 0 Å². The first kappa shape index (κ1) is 23.1. The molecule has 1 N–H and O–H groups in total. The van der Waals surface area contributed by atoms with Crippen LogP contribution in [0.15, 0.2) is 64.5 Å². The third kappa shape index (κ3) is 5.64. The van der Waals surface area contributed by atoms with E-state index in [4.69, 9.17) is 16.6 Å². The van der Waals surface area contributed by atoms with Crippen molar-refractivity contribution < 1.29 is 4.79 Å². The van der Waals surface area contributed by atoms with Crippen LogP contribution in [0.4, 0.5) is 0 Å². The van der Waals surface area contributed by atoms with Crippen LogP contribution < -0.4 is 5.32 Å². The van der Waals surface area contributed by atoms with E-state index in [0.717, 1.165) is 33.8 Å². The van der Waals surface area contributed by atoms with Gasteiger partial charge in [0, 0.05) is 40.5 Å². The lowest BCUT2D eigenvalue weighted by Gasteiger charge is -2.39. The highest BCUT2D eigenvalue weighted by Crippen LogP contribution is 2.30. The second-order valence-corrected chi connectivity index (χ2v) is 10.1. The normalized spacial score (nSPS) is 19.2. The lowest BCUT2D eigenvalue weighted by Crippen LogP contribution is -2.44. The van der Waals surface area contributed by atoms with E-state index in [1.807, 2.05) is 54.6 Å². The van der Waals surface area contributed by atoms with Crippen LogP contribution in [-0.2, 0) is 0 Å². The Labute approximate surface area is 199 Å². The van der Waals surface area contributed by atoms with Crippen LogP contribution in [0.25, 0.3) is 10.9 Å². The Hall–Kier alpha value is -2.08. The van der Waals surface area contributed by atoms with E-state index < -0.39 is 0 Å². The van der Waals surface area contributed by atoms with Crippen LogP contribution in [0, 0.1) is 0 Å². The molecule has 1 fully saturated rings. The molecule has 1 aromatic heterocycles. The molecule has 2 atom stereocenters. The minimum Gasteiger partial charge on any atom is -0.352 e. The van der Waals surface area contributed by atoms with Crippen LogP contribution in [0.2, 0.25) is 5.02 Å². The minimum absolute atomic E-state index is 0.0405. The highest BCUT2D eigenvalue weighted by atomic mass is 35.5. The smallest absolute Gasteiger partial charge is 0.252 e. The van der Waals surface area contributed by atoms with Crippen molar-refractivity contribution in [3.8, 4) is 0 Å². The van der Waals surface area contributed by atoms with E-state index in [1.54, 1.807) is 0 Å². The predicted molar refractivity (Wildman–Crippen MR) is 134 cm³/mol. The van der Waals surface area contributed by atoms with Gasteiger partial charge in [-0.2, -0.15) is 0 Å². The van der Waals surface area contributed by atoms with E-state index in [-0.39, 0.29) is 5.91 Å². The highest BCUT2D eigenvalue weighted by molar-refractivity contribution is 7.99. The molecule has 0 spiro atoms. The largest absolute Gasteiger partial charge is 0.352 e. The molecular formula is C26H30ClN3OS. The maximum absolute atomic E-state index is 13.1. The number of nitrogens with one attached hydrogen (secondary N) is 1. The van der Waals surface area contributed by atoms with E-state index in [2.05, 4.69) is 24.1 Å². The SMILES string of the molecule is C[C@H]1CCC[C@H](C)N1CCCNC(=O)c1cc(Sc2ccc(Cl)cc2)nc2ccccc12. The van der Waals surface area contributed by atoms with Gasteiger partial charge in [-0.15, -0.1) is 0 Å². The Morgan fingerprint density at radius 3 is 2.59 bits per heavy atom. The molecule has 2 aromatic carbocycles. The minimum atomic E-state index is -0.0405. The van der Waals surface area contributed by atoms with Crippen molar-refractivity contribution in [1.82, 2.24) is 15.2 Å². The van der Waals surface area contributed by atoms with Gasteiger partial charge in [-0.3, -0.25) is 9.69 Å². The Morgan fingerprint density at radius 1 is 1.12 bits per heavy atom. The van der Waals surface area contributed by atoms with Crippen LogP contribution in [0.5, 0.6) is 0 Å². The second-order valence-electron chi connectivity index (χ2n) is 8.56. The summed E-state index contributed by atoms with van der Waals surface area (Å²) in [6, 6.07) is 18.6. The van der Waals surface area contributed by atoms with Gasteiger partial charge in [0.1, 0.15) is 5.03 Å². The number of rotatable bonds is 7. The molecule has 4 rings (SSSR count). The Kier molecular flexibility index (Phi) is 7.71. The fraction of sp³-hybridized carbons (Fsp3) is 0.385. The number of hydrogen-bond donors (Lipinski definition) is 1. The number of fused-ring (bicyclic) bond motifs is 1. The fourth-order valence-corrected chi connectivity index (χ4v) is 5.45. The summed E-state index contributed by atoms with van der Waals surface area (Å²) >= 11 is 7.54. The monoisotopic (exact) mass is 467 g/mol. The molecule has 3 aromatic rings. The first-order valence-corrected chi connectivity index (χ1v) is 12.6. The predicted octanol–water partition coefficient (Wildman–Crippen LogP) is 6.42. The van der Waals surface area contributed by atoms with E-state index in [0.29, 0.717) is 29.2 Å². The van der Waals surface area contributed by atoms with E-state index in [1.165, 1.54) is 31.0 Å². The number of likely N-dealkylation sites (tertiary alicyclic amines) is 1. The number of aromatic nitrogens is 1. The molecular weight excluding hydrogens is 438 g/mol. The third-order valence-corrected chi connectivity index (χ3v) is 7.41. The first-order valence-electron chi connectivity index (χ1n) is 11.4. The standard InChI is InChI=1S/C26H30ClN3OS/c1-18-7-5-8-19(2)30(18)16-6-15-28-26(31)23-17-25(29-24-10-4-3-9-22(23)24)32-21-13-11-20(27)12-14-21/h3-4,9-14,17-19H,5-8,15-16H2,1-2H3,(H,28,31)/t18-,19-/m0/s1. The number of carbonyl (C=O) groups excluding carboxylic acids is 1. The van der Waals surface area contributed by atoms with Gasteiger partial charge < -0.3 is 5.32 Å². The number of benzene rings is 2.